The molecular formula is C11H12BrFN2O5. The minimum Gasteiger partial charge on any atom is -0.394 e. The molecule has 3 atom stereocenters. The van der Waals surface area contributed by atoms with Gasteiger partial charge in [0.1, 0.15) is 6.10 Å². The minimum absolute atomic E-state index is 0.0315. The Morgan fingerprint density at radius 3 is 2.90 bits per heavy atom. The van der Waals surface area contributed by atoms with E-state index in [1.807, 2.05) is 4.98 Å². The summed E-state index contributed by atoms with van der Waals surface area (Å²) in [4.78, 5) is 26.5. The van der Waals surface area contributed by atoms with E-state index in [2.05, 4.69) is 15.9 Å². The summed E-state index contributed by atoms with van der Waals surface area (Å²) >= 11 is 2.97. The second-order valence-corrected chi connectivity index (χ2v) is 4.83. The Balaban J connectivity index is 2.50. The quantitative estimate of drug-likeness (QED) is 0.689. The number of hydrogen-bond donors (Lipinski definition) is 3. The summed E-state index contributed by atoms with van der Waals surface area (Å²) in [6, 6.07) is 0. The Bertz CT molecular complexity index is 642. The molecule has 1 aliphatic rings. The van der Waals surface area contributed by atoms with Gasteiger partial charge in [-0.2, -0.15) is 4.39 Å². The summed E-state index contributed by atoms with van der Waals surface area (Å²) < 4.78 is 20.1. The molecule has 1 aliphatic heterocycles. The first-order chi connectivity index (χ1) is 9.41. The molecule has 0 aromatic carbocycles. The van der Waals surface area contributed by atoms with Crippen molar-refractivity contribution in [2.75, 3.05) is 6.61 Å². The molecule has 1 aromatic heterocycles. The molecule has 9 heteroatoms. The van der Waals surface area contributed by atoms with Crippen LogP contribution in [0.5, 0.6) is 0 Å². The molecule has 3 N–H and O–H groups in total. The second-order valence-electron chi connectivity index (χ2n) is 4.31. The van der Waals surface area contributed by atoms with Crippen LogP contribution in [-0.4, -0.2) is 38.6 Å². The van der Waals surface area contributed by atoms with E-state index in [1.165, 1.54) is 11.1 Å². The van der Waals surface area contributed by atoms with Gasteiger partial charge in [0.15, 0.2) is 0 Å². The van der Waals surface area contributed by atoms with Gasteiger partial charge >= 0.3 is 5.69 Å². The van der Waals surface area contributed by atoms with Gasteiger partial charge in [0, 0.05) is 6.20 Å². The summed E-state index contributed by atoms with van der Waals surface area (Å²) in [5.74, 6) is -2.62. The van der Waals surface area contributed by atoms with Gasteiger partial charge in [-0.3, -0.25) is 9.78 Å². The number of aromatic amines is 1. The third-order valence-corrected chi connectivity index (χ3v) is 3.24. The number of H-pyrrole nitrogens is 1. The molecule has 2 heterocycles. The van der Waals surface area contributed by atoms with Crippen LogP contribution in [0.15, 0.2) is 20.8 Å². The monoisotopic (exact) mass is 350 g/mol. The molecule has 0 saturated carbocycles. The standard InChI is InChI=1S/C11H12BrFN2O5/c12-2-1-6-4-15(10(19)14-9(6)18)11(13)3-7(17)8(5-16)20-11/h1-2,4,7-8,16-17H,3,5H2,(H,14,18,19)/b2-1+/t7-,8+,11-/m0/s1. The van der Waals surface area contributed by atoms with E-state index in [9.17, 15) is 19.1 Å². The SMILES string of the molecule is O=c1[nH]c(=O)n([C@@]2(F)C[C@H](O)[C@@H](CO)O2)cc1/C=C/Br. The molecule has 1 aromatic rings. The summed E-state index contributed by atoms with van der Waals surface area (Å²) in [5, 5.41) is 18.5. The average molecular weight is 351 g/mol. The van der Waals surface area contributed by atoms with Gasteiger partial charge in [0.25, 0.3) is 11.5 Å². The Kier molecular flexibility index (Phi) is 4.23. The van der Waals surface area contributed by atoms with Crippen LogP contribution in [-0.2, 0) is 10.7 Å². The van der Waals surface area contributed by atoms with E-state index < -0.39 is 42.5 Å². The molecule has 0 spiro atoms. The summed E-state index contributed by atoms with van der Waals surface area (Å²) in [7, 11) is 0. The zero-order valence-corrected chi connectivity index (χ0v) is 11.7. The lowest BCUT2D eigenvalue weighted by molar-refractivity contribution is -0.205. The fourth-order valence-corrected chi connectivity index (χ4v) is 2.27. The van der Waals surface area contributed by atoms with Gasteiger partial charge in [-0.25, -0.2) is 9.36 Å². The molecule has 0 unspecified atom stereocenters. The van der Waals surface area contributed by atoms with E-state index in [4.69, 9.17) is 9.84 Å². The Hall–Kier alpha value is -1.29. The van der Waals surface area contributed by atoms with E-state index >= 15 is 0 Å². The van der Waals surface area contributed by atoms with Crippen molar-refractivity contribution in [1.29, 1.82) is 0 Å². The first kappa shape index (κ1) is 15.1. The maximum absolute atomic E-state index is 14.7. The molecule has 1 fully saturated rings. The first-order valence-electron chi connectivity index (χ1n) is 5.70. The highest BCUT2D eigenvalue weighted by Gasteiger charge is 2.48. The zero-order chi connectivity index (χ0) is 14.9. The van der Waals surface area contributed by atoms with E-state index in [0.29, 0.717) is 4.57 Å². The Labute approximate surface area is 120 Å². The highest BCUT2D eigenvalue weighted by molar-refractivity contribution is 9.11. The van der Waals surface area contributed by atoms with Crippen molar-refractivity contribution < 1.29 is 19.3 Å². The normalized spacial score (nSPS) is 30.2. The van der Waals surface area contributed by atoms with E-state index in [0.717, 1.165) is 6.20 Å². The van der Waals surface area contributed by atoms with Gasteiger partial charge < -0.3 is 14.9 Å². The number of rotatable bonds is 3. The first-order valence-corrected chi connectivity index (χ1v) is 6.61. The fraction of sp³-hybridized carbons (Fsp3) is 0.455. The molecule has 2 rings (SSSR count). The van der Waals surface area contributed by atoms with Gasteiger partial charge in [-0.15, -0.1) is 0 Å². The molecule has 0 aliphatic carbocycles. The number of nitrogens with zero attached hydrogens (tertiary/aromatic N) is 1. The smallest absolute Gasteiger partial charge is 0.332 e. The number of aromatic nitrogens is 2. The number of aliphatic hydroxyl groups is 2. The summed E-state index contributed by atoms with van der Waals surface area (Å²) in [6.07, 6.45) is -0.590. The highest BCUT2D eigenvalue weighted by atomic mass is 79.9. The number of halogens is 2. The third kappa shape index (κ3) is 2.62. The largest absolute Gasteiger partial charge is 0.394 e. The number of hydrogen-bond acceptors (Lipinski definition) is 5. The van der Waals surface area contributed by atoms with Gasteiger partial charge in [-0.05, 0) is 11.1 Å². The molecule has 0 radical (unpaired) electrons. The summed E-state index contributed by atoms with van der Waals surface area (Å²) in [5.41, 5.74) is -1.65. The van der Waals surface area contributed by atoms with Crippen LogP contribution < -0.4 is 11.2 Å². The number of aliphatic hydroxyl groups excluding tert-OH is 2. The lowest BCUT2D eigenvalue weighted by Crippen LogP contribution is -2.42. The van der Waals surface area contributed by atoms with Gasteiger partial charge in [-0.1, -0.05) is 15.9 Å². The van der Waals surface area contributed by atoms with E-state index in [-0.39, 0.29) is 5.56 Å². The predicted molar refractivity (Wildman–Crippen MR) is 70.9 cm³/mol. The van der Waals surface area contributed by atoms with E-state index in [1.54, 1.807) is 0 Å². The van der Waals surface area contributed by atoms with Crippen molar-refractivity contribution in [2.24, 2.45) is 0 Å². The second kappa shape index (κ2) is 5.60. The molecule has 0 bridgehead atoms. The zero-order valence-electron chi connectivity index (χ0n) is 10.1. The van der Waals surface area contributed by atoms with Crippen LogP contribution in [0.3, 0.4) is 0 Å². The van der Waals surface area contributed by atoms with Crippen LogP contribution in [0.2, 0.25) is 0 Å². The molecule has 7 nitrogen and oxygen atoms in total. The predicted octanol–water partition coefficient (Wildman–Crippen LogP) is -0.376. The highest BCUT2D eigenvalue weighted by Crippen LogP contribution is 2.35. The maximum atomic E-state index is 14.7. The lowest BCUT2D eigenvalue weighted by Gasteiger charge is -2.22. The van der Waals surface area contributed by atoms with Crippen molar-refractivity contribution in [3.8, 4) is 0 Å². The van der Waals surface area contributed by atoms with Crippen molar-refractivity contribution >= 4 is 22.0 Å². The third-order valence-electron chi connectivity index (χ3n) is 2.97. The van der Waals surface area contributed by atoms with Crippen molar-refractivity contribution in [3.05, 3.63) is 37.6 Å². The number of nitrogens with one attached hydrogen (secondary N) is 1. The fourth-order valence-electron chi connectivity index (χ4n) is 1.98. The molecule has 110 valence electrons. The average Bonchev–Trinajstić information content (AvgIpc) is 2.68. The van der Waals surface area contributed by atoms with Gasteiger partial charge in [0.2, 0.25) is 0 Å². The van der Waals surface area contributed by atoms with Crippen LogP contribution in [0.25, 0.3) is 6.08 Å². The Morgan fingerprint density at radius 2 is 2.35 bits per heavy atom. The summed E-state index contributed by atoms with van der Waals surface area (Å²) in [6.45, 7) is -0.584. The molecule has 0 amide bonds. The van der Waals surface area contributed by atoms with Crippen LogP contribution in [0.1, 0.15) is 12.0 Å². The molecule has 20 heavy (non-hydrogen) atoms. The minimum atomic E-state index is -2.62. The van der Waals surface area contributed by atoms with Crippen LogP contribution >= 0.6 is 15.9 Å². The molecule has 1 saturated heterocycles. The van der Waals surface area contributed by atoms with Crippen molar-refractivity contribution in [1.82, 2.24) is 9.55 Å². The number of ether oxygens (including phenoxy) is 1. The lowest BCUT2D eigenvalue weighted by atomic mass is 10.2. The van der Waals surface area contributed by atoms with Gasteiger partial charge in [0.05, 0.1) is 24.7 Å². The van der Waals surface area contributed by atoms with Crippen molar-refractivity contribution in [2.45, 2.75) is 24.6 Å². The van der Waals surface area contributed by atoms with Crippen LogP contribution in [0, 0.1) is 0 Å². The number of alkyl halides is 1. The molecular weight excluding hydrogens is 339 g/mol. The van der Waals surface area contributed by atoms with Crippen molar-refractivity contribution in [3.63, 3.8) is 0 Å². The topological polar surface area (TPSA) is 105 Å². The Morgan fingerprint density at radius 1 is 1.65 bits per heavy atom. The van der Waals surface area contributed by atoms with Crippen LogP contribution in [0.4, 0.5) is 4.39 Å². The maximum Gasteiger partial charge on any atom is 0.332 e.